The van der Waals surface area contributed by atoms with Crippen LogP contribution in [0.15, 0.2) is 29.3 Å². The topological polar surface area (TPSA) is 133 Å². The predicted molar refractivity (Wildman–Crippen MR) is 82.5 cm³/mol. The molecule has 2 rings (SSSR count). The number of nitro groups is 1. The van der Waals surface area contributed by atoms with Crippen LogP contribution in [-0.4, -0.2) is 42.9 Å². The molecule has 1 heterocycles. The third-order valence-corrected chi connectivity index (χ3v) is 3.70. The van der Waals surface area contributed by atoms with Gasteiger partial charge in [0.05, 0.1) is 11.0 Å². The van der Waals surface area contributed by atoms with Crippen molar-refractivity contribution in [3.8, 4) is 0 Å². The van der Waals surface area contributed by atoms with E-state index in [2.05, 4.69) is 4.99 Å². The molecular weight excluding hydrogens is 326 g/mol. The van der Waals surface area contributed by atoms with Crippen molar-refractivity contribution in [2.45, 2.75) is 13.0 Å². The zero-order valence-corrected chi connectivity index (χ0v) is 12.6. The number of hydrogen-bond donors (Lipinski definition) is 2. The standard InChI is InChI=1S/C13H11N3O6S/c1-6-9(11(17)18)10(15(13(19)20)12(23)14-6)7-3-2-4-8(5-7)16(21)22/h2-5,9-10H,1H3,(H,17,18)(H,19,20). The lowest BCUT2D eigenvalue weighted by Gasteiger charge is -2.36. The van der Waals surface area contributed by atoms with E-state index in [9.17, 15) is 29.9 Å². The maximum Gasteiger partial charge on any atom is 0.414 e. The van der Waals surface area contributed by atoms with Gasteiger partial charge in [0.2, 0.25) is 5.11 Å². The lowest BCUT2D eigenvalue weighted by Crippen LogP contribution is -2.48. The number of carboxylic acid groups (broad SMARTS) is 2. The van der Waals surface area contributed by atoms with Crippen LogP contribution in [0.5, 0.6) is 0 Å². The zero-order valence-electron chi connectivity index (χ0n) is 11.7. The highest BCUT2D eigenvalue weighted by Crippen LogP contribution is 2.35. The number of amides is 1. The summed E-state index contributed by atoms with van der Waals surface area (Å²) >= 11 is 4.91. The van der Waals surface area contributed by atoms with Crippen molar-refractivity contribution in [3.63, 3.8) is 0 Å². The van der Waals surface area contributed by atoms with E-state index < -0.39 is 28.9 Å². The van der Waals surface area contributed by atoms with Crippen LogP contribution in [0.4, 0.5) is 10.5 Å². The molecule has 1 aromatic rings. The minimum absolute atomic E-state index is 0.136. The molecule has 0 radical (unpaired) electrons. The molecular formula is C13H11N3O6S. The van der Waals surface area contributed by atoms with Gasteiger partial charge in [0.15, 0.2) is 0 Å². The van der Waals surface area contributed by atoms with Crippen LogP contribution < -0.4 is 0 Å². The molecule has 9 nitrogen and oxygen atoms in total. The van der Waals surface area contributed by atoms with Crippen molar-refractivity contribution in [1.29, 1.82) is 0 Å². The molecule has 0 spiro atoms. The predicted octanol–water partition coefficient (Wildman–Crippen LogP) is 2.08. The Labute approximate surface area is 135 Å². The van der Waals surface area contributed by atoms with E-state index in [1.807, 2.05) is 0 Å². The van der Waals surface area contributed by atoms with Gasteiger partial charge in [-0.25, -0.2) is 14.7 Å². The highest BCUT2D eigenvalue weighted by molar-refractivity contribution is 7.80. The number of benzene rings is 1. The van der Waals surface area contributed by atoms with Crippen molar-refractivity contribution < 1.29 is 24.7 Å². The number of aliphatic carboxylic acids is 1. The van der Waals surface area contributed by atoms with E-state index in [4.69, 9.17) is 12.2 Å². The number of nitrogens with zero attached hydrogens (tertiary/aromatic N) is 3. The lowest BCUT2D eigenvalue weighted by atomic mass is 9.87. The number of hydrogen-bond acceptors (Lipinski definition) is 5. The van der Waals surface area contributed by atoms with Crippen LogP contribution in [0.1, 0.15) is 18.5 Å². The normalized spacial score (nSPS) is 20.8. The van der Waals surface area contributed by atoms with Crippen molar-refractivity contribution >= 4 is 40.8 Å². The molecule has 2 unspecified atom stereocenters. The van der Waals surface area contributed by atoms with Crippen LogP contribution in [0.2, 0.25) is 0 Å². The molecule has 1 aliphatic heterocycles. The number of carboxylic acids is 1. The van der Waals surface area contributed by atoms with Gasteiger partial charge in [0.25, 0.3) is 5.69 Å². The van der Waals surface area contributed by atoms with E-state index in [1.54, 1.807) is 0 Å². The second-order valence-corrected chi connectivity index (χ2v) is 5.17. The molecule has 23 heavy (non-hydrogen) atoms. The number of rotatable bonds is 3. The molecule has 0 saturated heterocycles. The SMILES string of the molecule is CC1=NC(=S)N(C(=O)O)C(c2cccc([N+](=O)[O-])c2)C1C(=O)O. The second kappa shape index (κ2) is 6.08. The molecule has 120 valence electrons. The van der Waals surface area contributed by atoms with Crippen LogP contribution in [-0.2, 0) is 4.79 Å². The molecule has 0 fully saturated rings. The summed E-state index contributed by atoms with van der Waals surface area (Å²) in [5.41, 5.74) is 0.0187. The van der Waals surface area contributed by atoms with Gasteiger partial charge in [-0.1, -0.05) is 12.1 Å². The Morgan fingerprint density at radius 3 is 2.57 bits per heavy atom. The molecule has 0 saturated carbocycles. The average Bonchev–Trinajstić information content (AvgIpc) is 2.45. The Hall–Kier alpha value is -2.88. The maximum atomic E-state index is 11.6. The second-order valence-electron chi connectivity index (χ2n) is 4.80. The molecule has 1 aromatic carbocycles. The van der Waals surface area contributed by atoms with Crippen LogP contribution >= 0.6 is 12.2 Å². The van der Waals surface area contributed by atoms with E-state index in [0.717, 1.165) is 6.07 Å². The first-order valence-electron chi connectivity index (χ1n) is 6.32. The van der Waals surface area contributed by atoms with E-state index >= 15 is 0 Å². The van der Waals surface area contributed by atoms with Crippen molar-refractivity contribution in [3.05, 3.63) is 39.9 Å². The fraction of sp³-hybridized carbons (Fsp3) is 0.231. The fourth-order valence-electron chi connectivity index (χ4n) is 2.45. The Bertz CT molecular complexity index is 747. The van der Waals surface area contributed by atoms with Crippen LogP contribution in [0.25, 0.3) is 0 Å². The summed E-state index contributed by atoms with van der Waals surface area (Å²) in [6.45, 7) is 1.43. The quantitative estimate of drug-likeness (QED) is 0.490. The summed E-state index contributed by atoms with van der Waals surface area (Å²) < 4.78 is 0. The highest BCUT2D eigenvalue weighted by atomic mass is 32.1. The van der Waals surface area contributed by atoms with Gasteiger partial charge in [0, 0.05) is 17.8 Å². The summed E-state index contributed by atoms with van der Waals surface area (Å²) in [5.74, 6) is -2.59. The van der Waals surface area contributed by atoms with Gasteiger partial charge in [-0.2, -0.15) is 0 Å². The number of aliphatic imine (C=N–C) groups is 1. The van der Waals surface area contributed by atoms with Gasteiger partial charge in [-0.05, 0) is 24.7 Å². The van der Waals surface area contributed by atoms with Crippen LogP contribution in [0, 0.1) is 16.0 Å². The summed E-state index contributed by atoms with van der Waals surface area (Å²) in [5, 5.41) is 29.4. The van der Waals surface area contributed by atoms with Gasteiger partial charge in [-0.15, -0.1) is 0 Å². The largest absolute Gasteiger partial charge is 0.481 e. The lowest BCUT2D eigenvalue weighted by molar-refractivity contribution is -0.385. The molecule has 1 aliphatic rings. The first-order chi connectivity index (χ1) is 10.7. The molecule has 0 aromatic heterocycles. The summed E-state index contributed by atoms with van der Waals surface area (Å²) in [6.07, 6.45) is -1.48. The van der Waals surface area contributed by atoms with Crippen molar-refractivity contribution in [2.75, 3.05) is 0 Å². The third kappa shape index (κ3) is 3.01. The minimum atomic E-state index is -1.48. The molecule has 0 aliphatic carbocycles. The van der Waals surface area contributed by atoms with E-state index in [-0.39, 0.29) is 22.1 Å². The summed E-state index contributed by atoms with van der Waals surface area (Å²) in [4.78, 5) is 37.7. The van der Waals surface area contributed by atoms with E-state index in [1.165, 1.54) is 25.1 Å². The molecule has 10 heteroatoms. The Morgan fingerprint density at radius 1 is 1.39 bits per heavy atom. The highest BCUT2D eigenvalue weighted by Gasteiger charge is 2.44. The fourth-order valence-corrected chi connectivity index (χ4v) is 2.78. The number of non-ortho nitro benzene ring substituents is 1. The first kappa shape index (κ1) is 16.5. The number of nitro benzene ring substituents is 1. The van der Waals surface area contributed by atoms with E-state index in [0.29, 0.717) is 4.90 Å². The Balaban J connectivity index is 2.65. The Morgan fingerprint density at radius 2 is 2.04 bits per heavy atom. The molecule has 2 atom stereocenters. The van der Waals surface area contributed by atoms with Gasteiger partial charge in [0.1, 0.15) is 5.92 Å². The maximum absolute atomic E-state index is 11.6. The summed E-state index contributed by atoms with van der Waals surface area (Å²) in [6, 6.07) is 3.92. The molecule has 2 N–H and O–H groups in total. The molecule has 0 bridgehead atoms. The monoisotopic (exact) mass is 337 g/mol. The smallest absolute Gasteiger partial charge is 0.414 e. The van der Waals surface area contributed by atoms with Gasteiger partial charge in [-0.3, -0.25) is 14.9 Å². The number of thiocarbonyl (C=S) groups is 1. The van der Waals surface area contributed by atoms with Crippen LogP contribution in [0.3, 0.4) is 0 Å². The van der Waals surface area contributed by atoms with Gasteiger partial charge >= 0.3 is 12.1 Å². The van der Waals surface area contributed by atoms with Gasteiger partial charge < -0.3 is 10.2 Å². The molecule has 1 amide bonds. The summed E-state index contributed by atoms with van der Waals surface area (Å²) in [7, 11) is 0. The zero-order chi connectivity index (χ0) is 17.3. The number of carbonyl (C=O) groups is 2. The minimum Gasteiger partial charge on any atom is -0.481 e. The van der Waals surface area contributed by atoms with Crippen molar-refractivity contribution in [2.24, 2.45) is 10.9 Å². The third-order valence-electron chi connectivity index (χ3n) is 3.42. The first-order valence-corrected chi connectivity index (χ1v) is 6.73. The van der Waals surface area contributed by atoms with Crippen molar-refractivity contribution in [1.82, 2.24) is 4.90 Å². The average molecular weight is 337 g/mol. The Kier molecular flexibility index (Phi) is 4.36.